The van der Waals surface area contributed by atoms with Crippen molar-refractivity contribution in [3.8, 4) is 0 Å². The summed E-state index contributed by atoms with van der Waals surface area (Å²) in [5, 5.41) is 7.78. The number of ether oxygens (including phenoxy) is 1. The van der Waals surface area contributed by atoms with Crippen LogP contribution in [0.3, 0.4) is 0 Å². The second kappa shape index (κ2) is 6.36. The van der Waals surface area contributed by atoms with E-state index in [0.717, 1.165) is 50.8 Å². The van der Waals surface area contributed by atoms with Crippen molar-refractivity contribution < 1.29 is 4.74 Å². The Kier molecular flexibility index (Phi) is 4.31. The molecule has 0 radical (unpaired) electrons. The number of rotatable bonds is 5. The molecule has 1 unspecified atom stereocenters. The lowest BCUT2D eigenvalue weighted by Crippen LogP contribution is -2.51. The molecule has 1 atom stereocenters. The van der Waals surface area contributed by atoms with Crippen LogP contribution in [0.5, 0.6) is 0 Å². The Labute approximate surface area is 124 Å². The Hall–Kier alpha value is -1.73. The molecule has 2 aromatic rings. The molecule has 2 aromatic heterocycles. The molecule has 1 fully saturated rings. The average Bonchev–Trinajstić information content (AvgIpc) is 2.95. The molecule has 0 bridgehead atoms. The van der Waals surface area contributed by atoms with Crippen molar-refractivity contribution >= 4 is 11.6 Å². The summed E-state index contributed by atoms with van der Waals surface area (Å²) >= 11 is 0. The van der Waals surface area contributed by atoms with E-state index >= 15 is 0 Å². The van der Waals surface area contributed by atoms with Gasteiger partial charge in [0.15, 0.2) is 0 Å². The second-order valence-electron chi connectivity index (χ2n) is 5.35. The summed E-state index contributed by atoms with van der Waals surface area (Å²) in [6.07, 6.45) is 2.69. The molecular weight excluding hydrogens is 268 g/mol. The number of nitrogens with zero attached hydrogens (tertiary/aromatic N) is 5. The summed E-state index contributed by atoms with van der Waals surface area (Å²) < 4.78 is 7.46. The third-order valence-electron chi connectivity index (χ3n) is 3.69. The minimum Gasteiger partial charge on any atom is -0.377 e. The summed E-state index contributed by atoms with van der Waals surface area (Å²) in [5.41, 5.74) is 0.956. The first-order chi connectivity index (χ1) is 10.3. The summed E-state index contributed by atoms with van der Waals surface area (Å²) in [7, 11) is 0. The number of hydrogen-bond acceptors (Lipinski definition) is 6. The monoisotopic (exact) mass is 290 g/mol. The number of nitrogens with one attached hydrogen (secondary N) is 1. The zero-order valence-corrected chi connectivity index (χ0v) is 12.6. The first-order valence-electron chi connectivity index (χ1n) is 7.52. The number of hydrogen-bond donors (Lipinski definition) is 1. The van der Waals surface area contributed by atoms with Crippen LogP contribution >= 0.6 is 0 Å². The van der Waals surface area contributed by atoms with Crippen molar-refractivity contribution in [1.29, 1.82) is 0 Å². The highest BCUT2D eigenvalue weighted by atomic mass is 16.5. The molecule has 3 heterocycles. The lowest BCUT2D eigenvalue weighted by Gasteiger charge is -2.37. The van der Waals surface area contributed by atoms with Crippen LogP contribution in [-0.2, 0) is 4.74 Å². The molecule has 7 heteroatoms. The third-order valence-corrected chi connectivity index (χ3v) is 3.69. The van der Waals surface area contributed by atoms with Gasteiger partial charge in [0.1, 0.15) is 12.1 Å². The zero-order valence-electron chi connectivity index (χ0n) is 12.6. The fourth-order valence-electron chi connectivity index (χ4n) is 2.69. The van der Waals surface area contributed by atoms with Crippen LogP contribution < -0.4 is 10.2 Å². The Balaban J connectivity index is 1.88. The Morgan fingerprint density at radius 2 is 2.38 bits per heavy atom. The Bertz CT molecular complexity index is 598. The summed E-state index contributed by atoms with van der Waals surface area (Å²) in [6, 6.07) is 2.37. The van der Waals surface area contributed by atoms with Gasteiger partial charge in [0.05, 0.1) is 19.3 Å². The number of fused-ring (bicyclic) bond motifs is 1. The molecule has 3 rings (SSSR count). The summed E-state index contributed by atoms with van der Waals surface area (Å²) in [4.78, 5) is 11.0. The highest BCUT2D eigenvalue weighted by Gasteiger charge is 2.25. The molecule has 1 N–H and O–H groups in total. The fourth-order valence-corrected chi connectivity index (χ4v) is 2.69. The van der Waals surface area contributed by atoms with Crippen molar-refractivity contribution in [1.82, 2.24) is 24.9 Å². The maximum Gasteiger partial charge on any atom is 0.254 e. The van der Waals surface area contributed by atoms with Gasteiger partial charge in [-0.05, 0) is 19.9 Å². The van der Waals surface area contributed by atoms with Crippen molar-refractivity contribution in [3.63, 3.8) is 0 Å². The summed E-state index contributed by atoms with van der Waals surface area (Å²) in [5.74, 6) is 1.69. The maximum absolute atomic E-state index is 5.65. The molecule has 21 heavy (non-hydrogen) atoms. The standard InChI is InChI=1S/C14H22N6O/c1-3-4-15-8-12-9-21-6-5-19(12)13-7-11(2)18-14-16-10-17-20(13)14/h7,10,12,15H,3-6,8-9H2,1-2H3. The first-order valence-corrected chi connectivity index (χ1v) is 7.52. The highest BCUT2D eigenvalue weighted by Crippen LogP contribution is 2.20. The van der Waals surface area contributed by atoms with E-state index in [1.165, 1.54) is 0 Å². The quantitative estimate of drug-likeness (QED) is 0.815. The van der Waals surface area contributed by atoms with E-state index in [4.69, 9.17) is 4.74 Å². The van der Waals surface area contributed by atoms with E-state index in [1.807, 2.05) is 11.4 Å². The molecular formula is C14H22N6O. The number of morpholine rings is 1. The number of aryl methyl sites for hydroxylation is 1. The van der Waals surface area contributed by atoms with Gasteiger partial charge < -0.3 is 15.0 Å². The molecule has 0 aromatic carbocycles. The van der Waals surface area contributed by atoms with Crippen LogP contribution in [0.4, 0.5) is 5.82 Å². The van der Waals surface area contributed by atoms with E-state index in [9.17, 15) is 0 Å². The van der Waals surface area contributed by atoms with Crippen molar-refractivity contribution in [3.05, 3.63) is 18.1 Å². The van der Waals surface area contributed by atoms with E-state index in [0.29, 0.717) is 11.8 Å². The summed E-state index contributed by atoms with van der Waals surface area (Å²) in [6.45, 7) is 8.42. The van der Waals surface area contributed by atoms with E-state index < -0.39 is 0 Å². The van der Waals surface area contributed by atoms with Crippen LogP contribution in [0, 0.1) is 6.92 Å². The third kappa shape index (κ3) is 2.98. The van der Waals surface area contributed by atoms with Crippen LogP contribution in [0.25, 0.3) is 5.78 Å². The molecule has 7 nitrogen and oxygen atoms in total. The smallest absolute Gasteiger partial charge is 0.254 e. The molecule has 1 aliphatic heterocycles. The van der Waals surface area contributed by atoms with Crippen molar-refractivity contribution in [2.75, 3.05) is 37.7 Å². The molecule has 0 amide bonds. The molecule has 0 saturated carbocycles. The SMILES string of the molecule is CCCNCC1COCCN1c1cc(C)nc2ncnn12. The predicted molar refractivity (Wildman–Crippen MR) is 80.6 cm³/mol. The Morgan fingerprint density at radius 1 is 1.48 bits per heavy atom. The van der Waals surface area contributed by atoms with Crippen LogP contribution in [0.1, 0.15) is 19.0 Å². The highest BCUT2D eigenvalue weighted by molar-refractivity contribution is 5.48. The minimum atomic E-state index is 0.305. The van der Waals surface area contributed by atoms with Gasteiger partial charge in [0, 0.05) is 24.8 Å². The van der Waals surface area contributed by atoms with E-state index in [1.54, 1.807) is 6.33 Å². The molecule has 0 aliphatic carbocycles. The molecule has 114 valence electrons. The van der Waals surface area contributed by atoms with Gasteiger partial charge >= 0.3 is 0 Å². The van der Waals surface area contributed by atoms with Crippen molar-refractivity contribution in [2.45, 2.75) is 26.3 Å². The van der Waals surface area contributed by atoms with Crippen LogP contribution in [0.15, 0.2) is 12.4 Å². The van der Waals surface area contributed by atoms with Gasteiger partial charge in [0.25, 0.3) is 5.78 Å². The van der Waals surface area contributed by atoms with E-state index in [-0.39, 0.29) is 0 Å². The van der Waals surface area contributed by atoms with Gasteiger partial charge in [-0.3, -0.25) is 0 Å². The molecule has 1 saturated heterocycles. The Morgan fingerprint density at radius 3 is 3.24 bits per heavy atom. The maximum atomic E-state index is 5.65. The lowest BCUT2D eigenvalue weighted by atomic mass is 10.2. The zero-order chi connectivity index (χ0) is 14.7. The molecule has 1 aliphatic rings. The van der Waals surface area contributed by atoms with Gasteiger partial charge in [-0.2, -0.15) is 14.6 Å². The predicted octanol–water partition coefficient (Wildman–Crippen LogP) is 0.638. The van der Waals surface area contributed by atoms with Crippen molar-refractivity contribution in [2.24, 2.45) is 0 Å². The van der Waals surface area contributed by atoms with Gasteiger partial charge in [-0.15, -0.1) is 0 Å². The molecule has 0 spiro atoms. The van der Waals surface area contributed by atoms with Crippen LogP contribution in [0.2, 0.25) is 0 Å². The largest absolute Gasteiger partial charge is 0.377 e. The number of anilines is 1. The van der Waals surface area contributed by atoms with Gasteiger partial charge in [-0.25, -0.2) is 4.98 Å². The van der Waals surface area contributed by atoms with E-state index in [2.05, 4.69) is 38.3 Å². The minimum absolute atomic E-state index is 0.305. The van der Waals surface area contributed by atoms with Crippen LogP contribution in [-0.4, -0.2) is 58.5 Å². The van der Waals surface area contributed by atoms with Gasteiger partial charge in [-0.1, -0.05) is 6.92 Å². The van der Waals surface area contributed by atoms with Gasteiger partial charge in [0.2, 0.25) is 0 Å². The fraction of sp³-hybridized carbons (Fsp3) is 0.643. The average molecular weight is 290 g/mol. The first kappa shape index (κ1) is 14.2. The normalized spacial score (nSPS) is 19.3. The topological polar surface area (TPSA) is 67.6 Å². The lowest BCUT2D eigenvalue weighted by molar-refractivity contribution is 0.0931. The second-order valence-corrected chi connectivity index (χ2v) is 5.35. The number of aromatic nitrogens is 4.